The second kappa shape index (κ2) is 14.7. The van der Waals surface area contributed by atoms with Crippen LogP contribution in [0.4, 0.5) is 0 Å². The molecule has 4 nitrogen and oxygen atoms in total. The van der Waals surface area contributed by atoms with Crippen LogP contribution < -0.4 is 10.4 Å². The van der Waals surface area contributed by atoms with E-state index < -0.39 is 16.1 Å². The maximum atomic E-state index is 6.06. The topological polar surface area (TPSA) is 32.3 Å². The van der Waals surface area contributed by atoms with Crippen LogP contribution in [0.2, 0.25) is 44.4 Å². The molecule has 0 bridgehead atoms. The van der Waals surface area contributed by atoms with E-state index in [1.165, 1.54) is 55.1 Å². The van der Waals surface area contributed by atoms with Gasteiger partial charge in [-0.3, -0.25) is 14.8 Å². The number of likely N-dealkylation sites (tertiary alicyclic amines) is 2. The third kappa shape index (κ3) is 8.87. The van der Waals surface area contributed by atoms with Crippen molar-refractivity contribution in [3.05, 3.63) is 47.0 Å². The summed E-state index contributed by atoms with van der Waals surface area (Å²) in [5.74, 6) is 0. The van der Waals surface area contributed by atoms with E-state index in [0.29, 0.717) is 17.2 Å². The Balaban J connectivity index is 0.000000329. The number of hydrogen-bond donors (Lipinski definition) is 0. The molecule has 2 aromatic heterocycles. The summed E-state index contributed by atoms with van der Waals surface area (Å²) in [6.45, 7) is 20.8. The highest BCUT2D eigenvalue weighted by molar-refractivity contribution is 14.0. The van der Waals surface area contributed by atoms with Crippen molar-refractivity contribution in [2.75, 3.05) is 27.2 Å². The average molecular weight is 661 g/mol. The minimum absolute atomic E-state index is 0. The van der Waals surface area contributed by atoms with Crippen LogP contribution in [0.25, 0.3) is 0 Å². The van der Waals surface area contributed by atoms with Crippen molar-refractivity contribution in [3.63, 3.8) is 0 Å². The quantitative estimate of drug-likeness (QED) is 0.199. The van der Waals surface area contributed by atoms with Crippen molar-refractivity contribution in [2.45, 2.75) is 90.9 Å². The van der Waals surface area contributed by atoms with Gasteiger partial charge in [-0.05, 0) is 76.1 Å². The van der Waals surface area contributed by atoms with Gasteiger partial charge in [0.2, 0.25) is 0 Å². The summed E-state index contributed by atoms with van der Waals surface area (Å²) in [5.41, 5.74) is 2.90. The lowest BCUT2D eigenvalue weighted by atomic mass is 10.1. The second-order valence-corrected chi connectivity index (χ2v) is 22.3. The number of aromatic nitrogens is 2. The van der Waals surface area contributed by atoms with Gasteiger partial charge in [0, 0.05) is 30.7 Å². The van der Waals surface area contributed by atoms with Crippen LogP contribution in [0, 0.1) is 0 Å². The van der Waals surface area contributed by atoms with E-state index in [1.807, 2.05) is 26.2 Å². The van der Waals surface area contributed by atoms with Crippen LogP contribution in [0.3, 0.4) is 0 Å². The zero-order valence-electron chi connectivity index (χ0n) is 24.4. The standard InChI is InChI=1S/C13H21ClN2Si.C13H22N2Si.C2H6.HI/c1-16-7-5-6-11(16)10-9-15-13(14)8-12(10)17(2,3)4;1-15-9-5-6-12(15)11-10-14-8-7-13(11)16(2,3)4;1-2;/h8-9,11H,5-7H2,1-4H3;7-8,10,12H,5-6,9H2,1-4H3;1-2H3;1H/t11-;12-;;/m00../s1. The summed E-state index contributed by atoms with van der Waals surface area (Å²) in [6.07, 6.45) is 11.2. The van der Waals surface area contributed by atoms with Crippen molar-refractivity contribution in [2.24, 2.45) is 0 Å². The molecule has 2 aromatic rings. The molecule has 0 amide bonds. The predicted molar refractivity (Wildman–Crippen MR) is 175 cm³/mol. The van der Waals surface area contributed by atoms with E-state index >= 15 is 0 Å². The lowest BCUT2D eigenvalue weighted by molar-refractivity contribution is 0.318. The van der Waals surface area contributed by atoms with E-state index in [1.54, 1.807) is 5.19 Å². The Kier molecular flexibility index (Phi) is 13.8. The average Bonchev–Trinajstić information content (AvgIpc) is 3.42. The van der Waals surface area contributed by atoms with Gasteiger partial charge in [-0.2, -0.15) is 0 Å². The highest BCUT2D eigenvalue weighted by atomic mass is 127. The Bertz CT molecular complexity index is 946. The molecule has 0 saturated carbocycles. The number of nitrogens with zero attached hydrogens (tertiary/aromatic N) is 4. The van der Waals surface area contributed by atoms with Gasteiger partial charge in [0.1, 0.15) is 5.15 Å². The van der Waals surface area contributed by atoms with Gasteiger partial charge in [-0.1, -0.05) is 75.1 Å². The predicted octanol–water partition coefficient (Wildman–Crippen LogP) is 7.08. The molecule has 36 heavy (non-hydrogen) atoms. The van der Waals surface area contributed by atoms with Crippen LogP contribution in [-0.2, 0) is 0 Å². The van der Waals surface area contributed by atoms with Gasteiger partial charge in [-0.15, -0.1) is 24.0 Å². The molecule has 0 N–H and O–H groups in total. The first kappa shape index (κ1) is 33.7. The lowest BCUT2D eigenvalue weighted by Crippen LogP contribution is -2.42. The van der Waals surface area contributed by atoms with E-state index in [9.17, 15) is 0 Å². The summed E-state index contributed by atoms with van der Waals surface area (Å²) in [7, 11) is 1.84. The largest absolute Gasteiger partial charge is 0.299 e. The van der Waals surface area contributed by atoms with Crippen molar-refractivity contribution in [1.82, 2.24) is 19.8 Å². The Hall–Kier alpha value is -0.326. The molecule has 4 heterocycles. The maximum Gasteiger partial charge on any atom is 0.128 e. The fourth-order valence-corrected chi connectivity index (χ4v) is 8.91. The van der Waals surface area contributed by atoms with E-state index in [-0.39, 0.29) is 24.0 Å². The zero-order chi connectivity index (χ0) is 26.4. The van der Waals surface area contributed by atoms with Gasteiger partial charge in [0.25, 0.3) is 0 Å². The number of halogens is 2. The summed E-state index contributed by atoms with van der Waals surface area (Å²) >= 11 is 6.06. The molecule has 2 aliphatic rings. The van der Waals surface area contributed by atoms with Gasteiger partial charge >= 0.3 is 0 Å². The molecule has 2 fully saturated rings. The van der Waals surface area contributed by atoms with Crippen molar-refractivity contribution in [3.8, 4) is 0 Å². The monoisotopic (exact) mass is 660 g/mol. The summed E-state index contributed by atoms with van der Waals surface area (Å²) in [6, 6.07) is 5.49. The van der Waals surface area contributed by atoms with Gasteiger partial charge in [0.15, 0.2) is 0 Å². The first-order valence-electron chi connectivity index (χ1n) is 13.4. The summed E-state index contributed by atoms with van der Waals surface area (Å²) < 4.78 is 0. The molecule has 8 heteroatoms. The maximum absolute atomic E-state index is 6.06. The Morgan fingerprint density at radius 3 is 1.69 bits per heavy atom. The van der Waals surface area contributed by atoms with Gasteiger partial charge in [0.05, 0.1) is 16.1 Å². The molecule has 2 saturated heterocycles. The van der Waals surface area contributed by atoms with Crippen molar-refractivity contribution >= 4 is 62.1 Å². The minimum atomic E-state index is -1.36. The van der Waals surface area contributed by atoms with Gasteiger partial charge < -0.3 is 0 Å². The number of pyridine rings is 2. The molecule has 0 aliphatic carbocycles. The molecule has 0 spiro atoms. The zero-order valence-corrected chi connectivity index (χ0v) is 29.4. The molecule has 2 atom stereocenters. The third-order valence-corrected chi connectivity index (χ3v) is 11.5. The molecular formula is C28H50ClIN4Si2. The fourth-order valence-electron chi connectivity index (χ4n) is 5.32. The molecule has 2 aliphatic heterocycles. The fraction of sp³-hybridized carbons (Fsp3) is 0.643. The molecule has 4 rings (SSSR count). The van der Waals surface area contributed by atoms with E-state index in [4.69, 9.17) is 11.6 Å². The van der Waals surface area contributed by atoms with Crippen LogP contribution in [0.15, 0.2) is 30.7 Å². The van der Waals surface area contributed by atoms with E-state index in [0.717, 1.165) is 0 Å². The van der Waals surface area contributed by atoms with Crippen LogP contribution in [0.1, 0.15) is 62.7 Å². The lowest BCUT2D eigenvalue weighted by Gasteiger charge is -2.27. The van der Waals surface area contributed by atoms with E-state index in [2.05, 4.69) is 91.5 Å². The van der Waals surface area contributed by atoms with Crippen LogP contribution in [0.5, 0.6) is 0 Å². The van der Waals surface area contributed by atoms with Crippen LogP contribution >= 0.6 is 35.6 Å². The molecule has 204 valence electrons. The number of hydrogen-bond acceptors (Lipinski definition) is 4. The Labute approximate surface area is 245 Å². The highest BCUT2D eigenvalue weighted by Crippen LogP contribution is 2.31. The van der Waals surface area contributed by atoms with Crippen molar-refractivity contribution < 1.29 is 0 Å². The molecule has 0 aromatic carbocycles. The molecule has 0 unspecified atom stereocenters. The molecule has 0 radical (unpaired) electrons. The van der Waals surface area contributed by atoms with Crippen LogP contribution in [-0.4, -0.2) is 63.1 Å². The molecular weight excluding hydrogens is 611 g/mol. The van der Waals surface area contributed by atoms with Gasteiger partial charge in [-0.25, -0.2) is 4.98 Å². The summed E-state index contributed by atoms with van der Waals surface area (Å²) in [5, 5.41) is 3.68. The van der Waals surface area contributed by atoms with Crippen molar-refractivity contribution in [1.29, 1.82) is 0 Å². The number of rotatable bonds is 4. The minimum Gasteiger partial charge on any atom is -0.299 e. The SMILES string of the molecule is CC.CN1CCC[C@H]1c1cnc(Cl)cc1[Si](C)(C)C.CN1CCC[C@H]1c1cnccc1[Si](C)(C)C.I. The summed E-state index contributed by atoms with van der Waals surface area (Å²) in [4.78, 5) is 13.5. The smallest absolute Gasteiger partial charge is 0.128 e. The normalized spacial score (nSPS) is 20.6. The first-order valence-corrected chi connectivity index (χ1v) is 20.8. The Morgan fingerprint density at radius 2 is 1.28 bits per heavy atom. The highest BCUT2D eigenvalue weighted by Gasteiger charge is 2.30. The Morgan fingerprint density at radius 1 is 0.806 bits per heavy atom. The second-order valence-electron chi connectivity index (χ2n) is 11.8. The third-order valence-electron chi connectivity index (χ3n) is 7.13. The first-order chi connectivity index (χ1) is 16.4.